The van der Waals surface area contributed by atoms with Crippen molar-refractivity contribution in [2.24, 2.45) is 0 Å². The standard InChI is InChI=1S/C15H31N2/c1-4-5-6-7-8-9-10-11-12-17-14-13-16(3)15(17)2/h4-14H2,1-3H3/q+1. The molecule has 0 radical (unpaired) electrons. The minimum atomic E-state index is 1.21. The van der Waals surface area contributed by atoms with Crippen LogP contribution in [-0.2, 0) is 0 Å². The van der Waals surface area contributed by atoms with Gasteiger partial charge in [0, 0.05) is 6.92 Å². The Labute approximate surface area is 108 Å². The SMILES string of the molecule is CCCCCCCCCCN1CC[N+](C)=C1C. The van der Waals surface area contributed by atoms with Gasteiger partial charge in [0.15, 0.2) is 0 Å². The molecule has 1 aliphatic heterocycles. The number of rotatable bonds is 9. The molecule has 17 heavy (non-hydrogen) atoms. The van der Waals surface area contributed by atoms with Crippen molar-refractivity contribution in [3.05, 3.63) is 0 Å². The summed E-state index contributed by atoms with van der Waals surface area (Å²) < 4.78 is 2.37. The van der Waals surface area contributed by atoms with Crippen molar-refractivity contribution in [2.75, 3.05) is 26.7 Å². The van der Waals surface area contributed by atoms with Crippen LogP contribution in [0.1, 0.15) is 65.2 Å². The molecule has 0 aliphatic carbocycles. The van der Waals surface area contributed by atoms with Gasteiger partial charge in [-0.05, 0) is 12.8 Å². The van der Waals surface area contributed by atoms with Gasteiger partial charge in [0.05, 0.1) is 13.6 Å². The van der Waals surface area contributed by atoms with E-state index in [2.05, 4.69) is 30.4 Å². The second-order valence-electron chi connectivity index (χ2n) is 5.43. The predicted molar refractivity (Wildman–Crippen MR) is 75.9 cm³/mol. The van der Waals surface area contributed by atoms with E-state index in [4.69, 9.17) is 0 Å². The minimum absolute atomic E-state index is 1.21. The molecule has 100 valence electrons. The highest BCUT2D eigenvalue weighted by atomic mass is 15.3. The van der Waals surface area contributed by atoms with Crippen molar-refractivity contribution in [1.29, 1.82) is 0 Å². The number of hydrogen-bond donors (Lipinski definition) is 0. The number of unbranched alkanes of at least 4 members (excludes halogenated alkanes) is 7. The van der Waals surface area contributed by atoms with Crippen LogP contribution in [-0.4, -0.2) is 42.0 Å². The van der Waals surface area contributed by atoms with Crippen LogP contribution in [0.3, 0.4) is 0 Å². The molecule has 0 aromatic rings. The summed E-state index contributed by atoms with van der Waals surface area (Å²) >= 11 is 0. The van der Waals surface area contributed by atoms with Gasteiger partial charge in [0.25, 0.3) is 0 Å². The first-order valence-electron chi connectivity index (χ1n) is 7.55. The second kappa shape index (κ2) is 8.54. The minimum Gasteiger partial charge on any atom is -0.265 e. The molecule has 0 saturated carbocycles. The monoisotopic (exact) mass is 239 g/mol. The highest BCUT2D eigenvalue weighted by Gasteiger charge is 2.22. The Morgan fingerprint density at radius 1 is 1.00 bits per heavy atom. The van der Waals surface area contributed by atoms with Crippen molar-refractivity contribution in [2.45, 2.75) is 65.2 Å². The van der Waals surface area contributed by atoms with Gasteiger partial charge in [-0.15, -0.1) is 0 Å². The fourth-order valence-electron chi connectivity index (χ4n) is 2.55. The number of hydrogen-bond acceptors (Lipinski definition) is 1. The van der Waals surface area contributed by atoms with Crippen LogP contribution in [0.25, 0.3) is 0 Å². The van der Waals surface area contributed by atoms with E-state index in [-0.39, 0.29) is 0 Å². The lowest BCUT2D eigenvalue weighted by Gasteiger charge is -2.10. The molecule has 2 nitrogen and oxygen atoms in total. The zero-order chi connectivity index (χ0) is 12.5. The van der Waals surface area contributed by atoms with Gasteiger partial charge in [0.1, 0.15) is 13.1 Å². The number of amidine groups is 1. The Bertz CT molecular complexity index is 233. The Balaban J connectivity index is 1.91. The van der Waals surface area contributed by atoms with Gasteiger partial charge in [-0.25, -0.2) is 0 Å². The topological polar surface area (TPSA) is 6.25 Å². The first kappa shape index (κ1) is 14.5. The van der Waals surface area contributed by atoms with Gasteiger partial charge in [0.2, 0.25) is 5.84 Å². The summed E-state index contributed by atoms with van der Waals surface area (Å²) in [5.74, 6) is 1.47. The third-order valence-corrected chi connectivity index (χ3v) is 4.00. The molecule has 1 aliphatic rings. The number of likely N-dealkylation sites (N-methyl/N-ethyl adjacent to an activating group) is 1. The summed E-state index contributed by atoms with van der Waals surface area (Å²) in [6, 6.07) is 0. The van der Waals surface area contributed by atoms with Gasteiger partial charge in [-0.3, -0.25) is 9.48 Å². The van der Waals surface area contributed by atoms with Crippen LogP contribution >= 0.6 is 0 Å². The maximum atomic E-state index is 2.54. The Hall–Kier alpha value is -0.530. The van der Waals surface area contributed by atoms with Crippen LogP contribution in [0.15, 0.2) is 0 Å². The zero-order valence-corrected chi connectivity index (χ0v) is 12.2. The smallest absolute Gasteiger partial charge is 0.243 e. The quantitative estimate of drug-likeness (QED) is 0.441. The normalized spacial score (nSPS) is 16.1. The van der Waals surface area contributed by atoms with Crippen LogP contribution in [0, 0.1) is 0 Å². The lowest BCUT2D eigenvalue weighted by atomic mass is 10.1. The highest BCUT2D eigenvalue weighted by Crippen LogP contribution is 2.09. The van der Waals surface area contributed by atoms with E-state index >= 15 is 0 Å². The summed E-state index contributed by atoms with van der Waals surface area (Å²) in [7, 11) is 2.20. The molecule has 0 aromatic heterocycles. The molecule has 0 unspecified atom stereocenters. The lowest BCUT2D eigenvalue weighted by Crippen LogP contribution is -2.27. The molecule has 0 spiro atoms. The third kappa shape index (κ3) is 5.56. The second-order valence-corrected chi connectivity index (χ2v) is 5.43. The van der Waals surface area contributed by atoms with Crippen LogP contribution in [0.4, 0.5) is 0 Å². The average molecular weight is 239 g/mol. The van der Waals surface area contributed by atoms with E-state index in [1.807, 2.05) is 0 Å². The van der Waals surface area contributed by atoms with Crippen LogP contribution < -0.4 is 0 Å². The molecule has 0 atom stereocenters. The molecule has 0 bridgehead atoms. The Morgan fingerprint density at radius 2 is 1.59 bits per heavy atom. The molecule has 0 saturated heterocycles. The van der Waals surface area contributed by atoms with E-state index in [1.54, 1.807) is 0 Å². The van der Waals surface area contributed by atoms with E-state index in [0.717, 1.165) is 0 Å². The number of nitrogens with zero attached hydrogens (tertiary/aromatic N) is 2. The molecule has 1 heterocycles. The van der Waals surface area contributed by atoms with E-state index < -0.39 is 0 Å². The van der Waals surface area contributed by atoms with Gasteiger partial charge >= 0.3 is 0 Å². The van der Waals surface area contributed by atoms with Crippen molar-refractivity contribution in [3.63, 3.8) is 0 Å². The molecular weight excluding hydrogens is 208 g/mol. The first-order chi connectivity index (χ1) is 8.25. The summed E-state index contributed by atoms with van der Waals surface area (Å²) in [5, 5.41) is 0. The summed E-state index contributed by atoms with van der Waals surface area (Å²) in [6.07, 6.45) is 11.4. The van der Waals surface area contributed by atoms with Crippen molar-refractivity contribution < 1.29 is 4.58 Å². The van der Waals surface area contributed by atoms with E-state index in [1.165, 1.54) is 76.8 Å². The zero-order valence-electron chi connectivity index (χ0n) is 12.2. The van der Waals surface area contributed by atoms with Gasteiger partial charge in [-0.1, -0.05) is 45.4 Å². The fraction of sp³-hybridized carbons (Fsp3) is 0.933. The molecule has 0 aromatic carbocycles. The third-order valence-electron chi connectivity index (χ3n) is 4.00. The van der Waals surface area contributed by atoms with E-state index in [0.29, 0.717) is 0 Å². The lowest BCUT2D eigenvalue weighted by molar-refractivity contribution is -0.487. The molecule has 1 rings (SSSR count). The first-order valence-corrected chi connectivity index (χ1v) is 7.55. The summed E-state index contributed by atoms with van der Waals surface area (Å²) in [5.41, 5.74) is 0. The molecule has 2 heteroatoms. The maximum absolute atomic E-state index is 2.54. The van der Waals surface area contributed by atoms with Crippen molar-refractivity contribution in [1.82, 2.24) is 4.90 Å². The van der Waals surface area contributed by atoms with E-state index in [9.17, 15) is 0 Å². The molecule has 0 amide bonds. The molecular formula is C15H31N2+. The average Bonchev–Trinajstić information content (AvgIpc) is 2.64. The molecule has 0 N–H and O–H groups in total. The van der Waals surface area contributed by atoms with Crippen molar-refractivity contribution >= 4 is 5.84 Å². The van der Waals surface area contributed by atoms with Crippen molar-refractivity contribution in [3.8, 4) is 0 Å². The highest BCUT2D eigenvalue weighted by molar-refractivity contribution is 5.75. The predicted octanol–water partition coefficient (Wildman–Crippen LogP) is 3.50. The van der Waals surface area contributed by atoms with Gasteiger partial charge in [-0.2, -0.15) is 0 Å². The van der Waals surface area contributed by atoms with Gasteiger partial charge < -0.3 is 0 Å². The molecule has 0 fully saturated rings. The summed E-state index contributed by atoms with van der Waals surface area (Å²) in [4.78, 5) is 2.54. The Kier molecular flexibility index (Phi) is 7.30. The summed E-state index contributed by atoms with van der Waals surface area (Å²) in [6.45, 7) is 8.25. The largest absolute Gasteiger partial charge is 0.265 e. The Morgan fingerprint density at radius 3 is 2.12 bits per heavy atom. The maximum Gasteiger partial charge on any atom is 0.243 e. The fourth-order valence-corrected chi connectivity index (χ4v) is 2.55. The van der Waals surface area contributed by atoms with Crippen LogP contribution in [0.2, 0.25) is 0 Å². The van der Waals surface area contributed by atoms with Crippen LogP contribution in [0.5, 0.6) is 0 Å².